The minimum atomic E-state index is -4.70. The molecular weight excluding hydrogens is 843 g/mol. The molecule has 66 heavy (non-hydrogen) atoms. The summed E-state index contributed by atoms with van der Waals surface area (Å²) in [5.41, 5.74) is 8.14. The second-order valence-corrected chi connectivity index (χ2v) is 16.5. The van der Waals surface area contributed by atoms with Gasteiger partial charge in [0.15, 0.2) is 17.5 Å². The number of hydrogen-bond acceptors (Lipinski definition) is 3. The van der Waals surface area contributed by atoms with Crippen molar-refractivity contribution in [3.8, 4) is 73.2 Å². The van der Waals surface area contributed by atoms with Gasteiger partial charge in [0.2, 0.25) is 0 Å². The number of aryl methyl sites for hydroxylation is 3. The number of fused-ring (bicyclic) bond motifs is 3. The van der Waals surface area contributed by atoms with Crippen molar-refractivity contribution < 1.29 is 26.3 Å². The highest BCUT2D eigenvalue weighted by Crippen LogP contribution is 2.46. The van der Waals surface area contributed by atoms with E-state index >= 15 is 0 Å². The summed E-state index contributed by atoms with van der Waals surface area (Å²) in [6.45, 7) is 6.21. The van der Waals surface area contributed by atoms with Crippen LogP contribution < -0.4 is 0 Å². The zero-order valence-corrected chi connectivity index (χ0v) is 35.8. The molecular formula is C56H38F6N4. The zero-order chi connectivity index (χ0) is 45.9. The number of nitrogens with zero attached hydrogens (tertiary/aromatic N) is 4. The van der Waals surface area contributed by atoms with Gasteiger partial charge in [0.05, 0.1) is 27.8 Å². The van der Waals surface area contributed by atoms with Crippen LogP contribution in [0.1, 0.15) is 27.8 Å². The summed E-state index contributed by atoms with van der Waals surface area (Å²) in [4.78, 5) is 14.7. The van der Waals surface area contributed by atoms with Crippen molar-refractivity contribution in [2.45, 2.75) is 33.1 Å². The van der Waals surface area contributed by atoms with Crippen LogP contribution >= 0.6 is 0 Å². The summed E-state index contributed by atoms with van der Waals surface area (Å²) in [7, 11) is 0. The van der Waals surface area contributed by atoms with Gasteiger partial charge in [-0.15, -0.1) is 0 Å². The van der Waals surface area contributed by atoms with Crippen LogP contribution in [0.25, 0.3) is 95.0 Å². The maximum atomic E-state index is 14.6. The molecule has 0 aliphatic rings. The van der Waals surface area contributed by atoms with Crippen molar-refractivity contribution in [1.29, 1.82) is 0 Å². The minimum Gasteiger partial charge on any atom is -0.308 e. The smallest absolute Gasteiger partial charge is 0.308 e. The highest BCUT2D eigenvalue weighted by molar-refractivity contribution is 6.12. The van der Waals surface area contributed by atoms with Crippen LogP contribution in [-0.2, 0) is 12.4 Å². The van der Waals surface area contributed by atoms with E-state index in [4.69, 9.17) is 15.0 Å². The third kappa shape index (κ3) is 7.78. The van der Waals surface area contributed by atoms with Gasteiger partial charge in [-0.25, -0.2) is 15.0 Å². The van der Waals surface area contributed by atoms with E-state index in [1.807, 2.05) is 102 Å². The van der Waals surface area contributed by atoms with Crippen LogP contribution in [-0.4, -0.2) is 19.5 Å². The molecule has 0 amide bonds. The Hall–Kier alpha value is -7.85. The molecule has 0 saturated heterocycles. The molecule has 0 unspecified atom stereocenters. The van der Waals surface area contributed by atoms with Gasteiger partial charge in [-0.3, -0.25) is 0 Å². The lowest BCUT2D eigenvalue weighted by Gasteiger charge is -2.22. The van der Waals surface area contributed by atoms with E-state index in [-0.39, 0.29) is 17.0 Å². The predicted molar refractivity (Wildman–Crippen MR) is 251 cm³/mol. The Labute approximate surface area is 376 Å². The molecule has 0 radical (unpaired) electrons. The first kappa shape index (κ1) is 42.1. The van der Waals surface area contributed by atoms with Crippen LogP contribution in [0, 0.1) is 20.8 Å². The maximum Gasteiger partial charge on any atom is 0.416 e. The Kier molecular flexibility index (Phi) is 10.4. The molecule has 0 fully saturated rings. The molecule has 8 aromatic carbocycles. The summed E-state index contributed by atoms with van der Waals surface area (Å²) in [5.74, 6) is 0.843. The van der Waals surface area contributed by atoms with Gasteiger partial charge in [0.25, 0.3) is 0 Å². The molecule has 4 nitrogen and oxygen atoms in total. The van der Waals surface area contributed by atoms with E-state index in [0.29, 0.717) is 56.2 Å². The second-order valence-electron chi connectivity index (χ2n) is 16.5. The molecule has 10 aromatic rings. The molecule has 2 heterocycles. The van der Waals surface area contributed by atoms with Gasteiger partial charge in [-0.2, -0.15) is 26.3 Å². The maximum absolute atomic E-state index is 14.6. The van der Waals surface area contributed by atoms with Gasteiger partial charge in [-0.1, -0.05) is 127 Å². The van der Waals surface area contributed by atoms with E-state index in [1.54, 1.807) is 24.3 Å². The molecule has 2 aromatic heterocycles. The van der Waals surface area contributed by atoms with Gasteiger partial charge in [0, 0.05) is 38.6 Å². The average Bonchev–Trinajstić information content (AvgIpc) is 3.64. The first-order chi connectivity index (χ1) is 31.7. The first-order valence-corrected chi connectivity index (χ1v) is 21.2. The average molecular weight is 881 g/mol. The number of rotatable bonds is 7. The Bertz CT molecular complexity index is 3320. The van der Waals surface area contributed by atoms with Crippen LogP contribution in [0.4, 0.5) is 26.3 Å². The van der Waals surface area contributed by atoms with E-state index < -0.39 is 23.5 Å². The van der Waals surface area contributed by atoms with Crippen LogP contribution in [0.15, 0.2) is 176 Å². The Balaban J connectivity index is 1.35. The third-order valence-corrected chi connectivity index (χ3v) is 11.9. The summed E-state index contributed by atoms with van der Waals surface area (Å²) >= 11 is 0. The van der Waals surface area contributed by atoms with Gasteiger partial charge in [-0.05, 0) is 109 Å². The van der Waals surface area contributed by atoms with Crippen LogP contribution in [0.2, 0.25) is 0 Å². The molecule has 0 atom stereocenters. The van der Waals surface area contributed by atoms with Crippen molar-refractivity contribution in [2.75, 3.05) is 0 Å². The molecule has 0 aliphatic heterocycles. The zero-order valence-electron chi connectivity index (χ0n) is 35.8. The summed E-state index contributed by atoms with van der Waals surface area (Å²) in [5, 5.41) is 1.71. The number of hydrogen-bond donors (Lipinski definition) is 0. The number of alkyl halides is 6. The highest BCUT2D eigenvalue weighted by Gasteiger charge is 2.33. The minimum absolute atomic E-state index is 0.173. The largest absolute Gasteiger partial charge is 0.416 e. The summed E-state index contributed by atoms with van der Waals surface area (Å²) < 4.78 is 89.8. The SMILES string of the molecule is Cc1cc(C)c(-c2ccc3c(c2)c2ccccc2n3-c2c(-c3cccc(C(F)(F)F)c3)cc(-c3nc(-c4ccccc4)nc(-c4ccccc4)n3)cc2-c2cccc(C(F)(F)F)c2)c(C)c1. The van der Waals surface area contributed by atoms with Crippen LogP contribution in [0.5, 0.6) is 0 Å². The van der Waals surface area contributed by atoms with Gasteiger partial charge >= 0.3 is 12.4 Å². The fourth-order valence-electron chi connectivity index (χ4n) is 9.11. The van der Waals surface area contributed by atoms with E-state index in [1.165, 1.54) is 12.1 Å². The standard InChI is InChI=1S/C56H38F6N4/c1-33-26-34(2)50(35(3)27-33)40-24-25-49-47(30-40)44-22-10-11-23-48(44)66(49)51-45(38-18-12-20-42(28-38)55(57,58)59)31-41(32-46(51)39-19-13-21-43(29-39)56(60,61)62)54-64-52(36-14-6-4-7-15-36)63-53(65-54)37-16-8-5-9-17-37/h4-32H,1-3H3. The number of halogens is 6. The van der Waals surface area contributed by atoms with E-state index in [9.17, 15) is 26.3 Å². The lowest BCUT2D eigenvalue weighted by molar-refractivity contribution is -0.138. The number of aromatic nitrogens is 4. The molecule has 10 heteroatoms. The van der Waals surface area contributed by atoms with Crippen molar-refractivity contribution in [3.05, 3.63) is 204 Å². The normalized spacial score (nSPS) is 12.0. The van der Waals surface area contributed by atoms with Crippen molar-refractivity contribution in [2.24, 2.45) is 0 Å². The van der Waals surface area contributed by atoms with Crippen molar-refractivity contribution in [1.82, 2.24) is 19.5 Å². The quantitative estimate of drug-likeness (QED) is 0.150. The molecule has 0 saturated carbocycles. The number of benzene rings is 8. The van der Waals surface area contributed by atoms with Crippen molar-refractivity contribution in [3.63, 3.8) is 0 Å². The van der Waals surface area contributed by atoms with Gasteiger partial charge < -0.3 is 4.57 Å². The Morgan fingerprint density at radius 2 is 0.833 bits per heavy atom. The topological polar surface area (TPSA) is 43.6 Å². The van der Waals surface area contributed by atoms with E-state index in [0.717, 1.165) is 62.9 Å². The van der Waals surface area contributed by atoms with E-state index in [2.05, 4.69) is 39.0 Å². The summed E-state index contributed by atoms with van der Waals surface area (Å²) in [6.07, 6.45) is -9.40. The fraction of sp³-hybridized carbons (Fsp3) is 0.0893. The molecule has 10 rings (SSSR count). The fourth-order valence-corrected chi connectivity index (χ4v) is 9.11. The molecule has 0 spiro atoms. The molecule has 0 aliphatic carbocycles. The second kappa shape index (κ2) is 16.3. The Morgan fingerprint density at radius 1 is 0.379 bits per heavy atom. The lowest BCUT2D eigenvalue weighted by atomic mass is 9.91. The Morgan fingerprint density at radius 3 is 1.35 bits per heavy atom. The van der Waals surface area contributed by atoms with Crippen molar-refractivity contribution >= 4 is 21.8 Å². The molecule has 324 valence electrons. The number of para-hydroxylation sites is 1. The lowest BCUT2D eigenvalue weighted by Crippen LogP contribution is -2.07. The van der Waals surface area contributed by atoms with Crippen LogP contribution in [0.3, 0.4) is 0 Å². The molecule has 0 N–H and O–H groups in total. The highest BCUT2D eigenvalue weighted by atomic mass is 19.4. The third-order valence-electron chi connectivity index (χ3n) is 11.9. The predicted octanol–water partition coefficient (Wildman–Crippen LogP) is 15.9. The van der Waals surface area contributed by atoms with Gasteiger partial charge in [0.1, 0.15) is 0 Å². The first-order valence-electron chi connectivity index (χ1n) is 21.2. The summed E-state index contributed by atoms with van der Waals surface area (Å²) in [6, 6.07) is 50.1. The molecule has 0 bridgehead atoms. The monoisotopic (exact) mass is 880 g/mol.